The van der Waals surface area contributed by atoms with Crippen LogP contribution in [0, 0.1) is 0 Å². The fraction of sp³-hybridized carbons (Fsp3) is 0.200. The van der Waals surface area contributed by atoms with Crippen LogP contribution in [0.3, 0.4) is 0 Å². The second-order valence-electron chi connectivity index (χ2n) is 3.00. The van der Waals surface area contributed by atoms with Crippen LogP contribution in [0.25, 0.3) is 11.0 Å². The van der Waals surface area contributed by atoms with Crippen LogP contribution in [-0.4, -0.2) is 15.3 Å². The number of benzene rings is 1. The van der Waals surface area contributed by atoms with E-state index in [0.29, 0.717) is 5.02 Å². The van der Waals surface area contributed by atoms with Crippen LogP contribution in [-0.2, 0) is 0 Å². The van der Waals surface area contributed by atoms with Crippen LogP contribution in [0.4, 0.5) is 5.69 Å². The molecule has 2 aromatic rings. The Bertz CT molecular complexity index is 492. The van der Waals surface area contributed by atoms with Gasteiger partial charge in [0.1, 0.15) is 11.0 Å². The highest BCUT2D eigenvalue weighted by molar-refractivity contribution is 7.00. The van der Waals surface area contributed by atoms with Gasteiger partial charge in [0.25, 0.3) is 0 Å². The lowest BCUT2D eigenvalue weighted by Gasteiger charge is -2.05. The van der Waals surface area contributed by atoms with Crippen molar-refractivity contribution in [2.24, 2.45) is 0 Å². The van der Waals surface area contributed by atoms with Crippen molar-refractivity contribution < 1.29 is 0 Å². The molecule has 0 bridgehead atoms. The summed E-state index contributed by atoms with van der Waals surface area (Å²) in [6.45, 7) is 2.72. The Morgan fingerprint density at radius 3 is 3.13 bits per heavy atom. The lowest BCUT2D eigenvalue weighted by atomic mass is 10.2. The second-order valence-corrected chi connectivity index (χ2v) is 3.94. The maximum absolute atomic E-state index is 6.09. The molecular weight excluding hydrogens is 230 g/mol. The van der Waals surface area contributed by atoms with E-state index in [0.717, 1.165) is 23.3 Å². The summed E-state index contributed by atoms with van der Waals surface area (Å²) in [6.07, 6.45) is 4.01. The van der Waals surface area contributed by atoms with Crippen LogP contribution in [0.1, 0.15) is 6.92 Å². The van der Waals surface area contributed by atoms with E-state index < -0.39 is 0 Å². The van der Waals surface area contributed by atoms with Crippen molar-refractivity contribution in [2.45, 2.75) is 6.92 Å². The molecule has 1 aromatic heterocycles. The van der Waals surface area contributed by atoms with Crippen molar-refractivity contribution in [3.05, 3.63) is 29.3 Å². The third-order valence-corrected chi connectivity index (χ3v) is 2.87. The molecule has 0 aliphatic heterocycles. The Morgan fingerprint density at radius 1 is 1.47 bits per heavy atom. The Balaban J connectivity index is 2.38. The molecular formula is C10H10ClN3S. The fourth-order valence-corrected chi connectivity index (χ4v) is 2.04. The number of nitrogens with one attached hydrogen (secondary N) is 1. The first-order chi connectivity index (χ1) is 7.33. The molecule has 5 heteroatoms. The predicted octanol–water partition coefficient (Wildman–Crippen LogP) is 3.33. The van der Waals surface area contributed by atoms with Crippen LogP contribution in [0.15, 0.2) is 24.3 Å². The van der Waals surface area contributed by atoms with Gasteiger partial charge in [0.05, 0.1) is 22.4 Å². The summed E-state index contributed by atoms with van der Waals surface area (Å²) in [4.78, 5) is 0. The van der Waals surface area contributed by atoms with Gasteiger partial charge in [-0.05, 0) is 19.1 Å². The minimum Gasteiger partial charge on any atom is -0.379 e. The quantitative estimate of drug-likeness (QED) is 0.835. The highest BCUT2D eigenvalue weighted by Crippen LogP contribution is 2.29. The van der Waals surface area contributed by atoms with Crippen molar-refractivity contribution in [2.75, 3.05) is 11.9 Å². The first-order valence-electron chi connectivity index (χ1n) is 4.58. The van der Waals surface area contributed by atoms with Gasteiger partial charge < -0.3 is 5.32 Å². The van der Waals surface area contributed by atoms with Gasteiger partial charge in [0.2, 0.25) is 0 Å². The zero-order valence-electron chi connectivity index (χ0n) is 8.20. The van der Waals surface area contributed by atoms with E-state index in [-0.39, 0.29) is 0 Å². The molecule has 0 aliphatic carbocycles. The summed E-state index contributed by atoms with van der Waals surface area (Å²) in [5.41, 5.74) is 2.59. The van der Waals surface area contributed by atoms with E-state index in [4.69, 9.17) is 11.6 Å². The summed E-state index contributed by atoms with van der Waals surface area (Å²) < 4.78 is 8.38. The molecule has 0 atom stereocenters. The average Bonchev–Trinajstić information content (AvgIpc) is 2.69. The molecule has 0 radical (unpaired) electrons. The number of nitrogens with zero attached hydrogens (tertiary/aromatic N) is 2. The molecule has 2 rings (SSSR count). The Morgan fingerprint density at radius 2 is 2.33 bits per heavy atom. The molecule has 1 N–H and O–H groups in total. The van der Waals surface area contributed by atoms with Gasteiger partial charge >= 0.3 is 0 Å². The molecule has 1 heterocycles. The van der Waals surface area contributed by atoms with Gasteiger partial charge in [-0.3, -0.25) is 0 Å². The van der Waals surface area contributed by atoms with Crippen LogP contribution >= 0.6 is 23.3 Å². The number of fused-ring (bicyclic) bond motifs is 1. The van der Waals surface area contributed by atoms with E-state index in [1.807, 2.05) is 31.2 Å². The topological polar surface area (TPSA) is 37.8 Å². The Hall–Kier alpha value is -1.13. The van der Waals surface area contributed by atoms with E-state index in [2.05, 4.69) is 14.1 Å². The molecule has 1 aromatic carbocycles. The smallest absolute Gasteiger partial charge is 0.129 e. The second kappa shape index (κ2) is 4.59. The predicted molar refractivity (Wildman–Crippen MR) is 65.7 cm³/mol. The molecule has 0 saturated carbocycles. The molecule has 15 heavy (non-hydrogen) atoms. The van der Waals surface area contributed by atoms with Gasteiger partial charge in [0.15, 0.2) is 0 Å². The summed E-state index contributed by atoms with van der Waals surface area (Å²) in [5, 5.41) is 3.91. The number of halogens is 1. The third-order valence-electron chi connectivity index (χ3n) is 2.01. The minimum absolute atomic E-state index is 0.680. The highest BCUT2D eigenvalue weighted by atomic mass is 35.5. The molecule has 3 nitrogen and oxygen atoms in total. The monoisotopic (exact) mass is 239 g/mol. The van der Waals surface area contributed by atoms with E-state index in [9.17, 15) is 0 Å². The number of hydrogen-bond acceptors (Lipinski definition) is 4. The standard InChI is InChI=1S/C10H10ClN3S/c1-2-3-6-12-9-7(11)4-5-8-10(9)14-15-13-8/h2-5,12H,6H2,1H3/b3-2+. The number of allylic oxidation sites excluding steroid dienone is 1. The third kappa shape index (κ3) is 2.11. The number of anilines is 1. The van der Waals surface area contributed by atoms with Crippen molar-refractivity contribution in [1.29, 1.82) is 0 Å². The van der Waals surface area contributed by atoms with Crippen molar-refractivity contribution in [3.8, 4) is 0 Å². The Kier molecular flexibility index (Phi) is 3.18. The molecule has 0 unspecified atom stereocenters. The van der Waals surface area contributed by atoms with Crippen molar-refractivity contribution in [1.82, 2.24) is 8.75 Å². The zero-order chi connectivity index (χ0) is 10.7. The van der Waals surface area contributed by atoms with Crippen LogP contribution in [0.2, 0.25) is 5.02 Å². The lowest BCUT2D eigenvalue weighted by Crippen LogP contribution is -1.99. The minimum atomic E-state index is 0.680. The lowest BCUT2D eigenvalue weighted by molar-refractivity contribution is 1.33. The first kappa shape index (κ1) is 10.4. The molecule has 0 saturated heterocycles. The average molecular weight is 240 g/mol. The van der Waals surface area contributed by atoms with Gasteiger partial charge in [-0.1, -0.05) is 23.8 Å². The summed E-state index contributed by atoms with van der Waals surface area (Å²) in [5.74, 6) is 0. The van der Waals surface area contributed by atoms with Gasteiger partial charge in [-0.25, -0.2) is 0 Å². The maximum atomic E-state index is 6.09. The summed E-state index contributed by atoms with van der Waals surface area (Å²) >= 11 is 7.29. The molecule has 78 valence electrons. The van der Waals surface area contributed by atoms with Crippen molar-refractivity contribution in [3.63, 3.8) is 0 Å². The number of aromatic nitrogens is 2. The van der Waals surface area contributed by atoms with Gasteiger partial charge in [-0.2, -0.15) is 8.75 Å². The molecule has 0 aliphatic rings. The molecule has 0 fully saturated rings. The molecule has 0 amide bonds. The summed E-state index contributed by atoms with van der Waals surface area (Å²) in [6, 6.07) is 3.71. The van der Waals surface area contributed by atoms with Crippen LogP contribution < -0.4 is 5.32 Å². The fourth-order valence-electron chi connectivity index (χ4n) is 1.27. The summed E-state index contributed by atoms with van der Waals surface area (Å²) in [7, 11) is 0. The highest BCUT2D eigenvalue weighted by Gasteiger charge is 2.08. The SMILES string of the molecule is C/C=C/CNc1c(Cl)ccc2nsnc12. The number of hydrogen-bond donors (Lipinski definition) is 1. The maximum Gasteiger partial charge on any atom is 0.129 e. The largest absolute Gasteiger partial charge is 0.379 e. The van der Waals surface area contributed by atoms with E-state index in [1.165, 1.54) is 11.7 Å². The van der Waals surface area contributed by atoms with E-state index in [1.54, 1.807) is 0 Å². The van der Waals surface area contributed by atoms with Gasteiger partial charge in [0, 0.05) is 6.54 Å². The Labute approximate surface area is 97.1 Å². The van der Waals surface area contributed by atoms with Crippen LogP contribution in [0.5, 0.6) is 0 Å². The first-order valence-corrected chi connectivity index (χ1v) is 5.69. The van der Waals surface area contributed by atoms with Crippen molar-refractivity contribution >= 4 is 40.0 Å². The normalized spacial score (nSPS) is 11.3. The molecule has 0 spiro atoms. The van der Waals surface area contributed by atoms with E-state index >= 15 is 0 Å². The zero-order valence-corrected chi connectivity index (χ0v) is 9.77. The van der Waals surface area contributed by atoms with Gasteiger partial charge in [-0.15, -0.1) is 0 Å². The number of rotatable bonds is 3.